The van der Waals surface area contributed by atoms with Crippen LogP contribution in [0.5, 0.6) is 0 Å². The highest BCUT2D eigenvalue weighted by Crippen LogP contribution is 2.28. The highest BCUT2D eigenvalue weighted by molar-refractivity contribution is 9.10. The van der Waals surface area contributed by atoms with Gasteiger partial charge in [-0.25, -0.2) is 13.2 Å². The van der Waals surface area contributed by atoms with Gasteiger partial charge in [0.25, 0.3) is 0 Å². The second-order valence-electron chi connectivity index (χ2n) is 4.56. The Morgan fingerprint density at radius 1 is 1.10 bits per heavy atom. The van der Waals surface area contributed by atoms with Gasteiger partial charge < -0.3 is 5.11 Å². The number of benzene rings is 2. The molecule has 2 rings (SSSR count). The molecule has 0 saturated heterocycles. The molecule has 0 bridgehead atoms. The van der Waals surface area contributed by atoms with Gasteiger partial charge in [0.05, 0.1) is 10.6 Å². The Morgan fingerprint density at radius 2 is 1.80 bits per heavy atom. The summed E-state index contributed by atoms with van der Waals surface area (Å²) < 4.78 is 40.5. The van der Waals surface area contributed by atoms with E-state index in [0.29, 0.717) is 5.56 Å². The monoisotopic (exact) mass is 344 g/mol. The summed E-state index contributed by atoms with van der Waals surface area (Å²) in [5.74, 6) is -1.93. The molecule has 0 aliphatic heterocycles. The number of hydrogen-bond donors (Lipinski definition) is 1. The van der Waals surface area contributed by atoms with E-state index in [9.17, 15) is 18.3 Å². The molecule has 0 radical (unpaired) electrons. The zero-order valence-corrected chi connectivity index (χ0v) is 12.2. The minimum Gasteiger partial charge on any atom is -0.388 e. The van der Waals surface area contributed by atoms with Gasteiger partial charge in [-0.2, -0.15) is 0 Å². The van der Waals surface area contributed by atoms with E-state index in [4.69, 9.17) is 0 Å². The molecule has 1 N–H and O–H groups in total. The van der Waals surface area contributed by atoms with Gasteiger partial charge in [-0.1, -0.05) is 12.1 Å². The van der Waals surface area contributed by atoms with Crippen molar-refractivity contribution in [1.82, 2.24) is 0 Å². The maximum atomic E-state index is 13.7. The first-order chi connectivity index (χ1) is 9.40. The minimum absolute atomic E-state index is 0.0000567. The quantitative estimate of drug-likeness (QED) is 0.871. The molecule has 1 atom stereocenters. The molecule has 0 aromatic heterocycles. The van der Waals surface area contributed by atoms with Crippen molar-refractivity contribution in [1.29, 1.82) is 0 Å². The van der Waals surface area contributed by atoms with Crippen LogP contribution >= 0.6 is 15.9 Å². The van der Waals surface area contributed by atoms with Gasteiger partial charge in [-0.3, -0.25) is 0 Å². The largest absolute Gasteiger partial charge is 0.388 e. The summed E-state index contributed by atoms with van der Waals surface area (Å²) >= 11 is 3.09. The maximum absolute atomic E-state index is 13.7. The van der Waals surface area contributed by atoms with E-state index in [-0.39, 0.29) is 22.0 Å². The van der Waals surface area contributed by atoms with Crippen molar-refractivity contribution in [3.63, 3.8) is 0 Å². The Bertz CT molecular complexity index is 643. The van der Waals surface area contributed by atoms with Crippen LogP contribution in [0.15, 0.2) is 34.8 Å². The normalized spacial score (nSPS) is 12.5. The topological polar surface area (TPSA) is 20.2 Å². The number of aliphatic hydroxyl groups is 1. The molecular weight excluding hydrogens is 333 g/mol. The smallest absolute Gasteiger partial charge is 0.137 e. The van der Waals surface area contributed by atoms with E-state index in [1.807, 2.05) is 0 Å². The van der Waals surface area contributed by atoms with Crippen molar-refractivity contribution in [2.75, 3.05) is 0 Å². The molecule has 2 aromatic carbocycles. The molecule has 0 amide bonds. The molecule has 0 fully saturated rings. The molecule has 5 heteroatoms. The fourth-order valence-electron chi connectivity index (χ4n) is 1.96. The van der Waals surface area contributed by atoms with Crippen LogP contribution in [0.4, 0.5) is 13.2 Å². The molecular formula is C15H12BrF3O. The van der Waals surface area contributed by atoms with E-state index in [1.165, 1.54) is 25.1 Å². The van der Waals surface area contributed by atoms with Crippen LogP contribution in [-0.4, -0.2) is 5.11 Å². The van der Waals surface area contributed by atoms with Gasteiger partial charge in [0, 0.05) is 18.1 Å². The lowest BCUT2D eigenvalue weighted by molar-refractivity contribution is 0.173. The Labute approximate surface area is 123 Å². The van der Waals surface area contributed by atoms with Gasteiger partial charge >= 0.3 is 0 Å². The van der Waals surface area contributed by atoms with Crippen LogP contribution in [-0.2, 0) is 6.42 Å². The van der Waals surface area contributed by atoms with Crippen molar-refractivity contribution < 1.29 is 18.3 Å². The fourth-order valence-corrected chi connectivity index (χ4v) is 2.39. The maximum Gasteiger partial charge on any atom is 0.137 e. The van der Waals surface area contributed by atoms with Gasteiger partial charge in [0.1, 0.15) is 17.5 Å². The Balaban J connectivity index is 2.31. The number of hydrogen-bond acceptors (Lipinski definition) is 1. The molecule has 0 aliphatic carbocycles. The average molecular weight is 345 g/mol. The highest BCUT2D eigenvalue weighted by Gasteiger charge is 2.17. The number of aryl methyl sites for hydroxylation is 1. The molecule has 0 aliphatic rings. The van der Waals surface area contributed by atoms with Crippen molar-refractivity contribution in [3.8, 4) is 0 Å². The van der Waals surface area contributed by atoms with Crippen molar-refractivity contribution in [2.24, 2.45) is 0 Å². The van der Waals surface area contributed by atoms with Crippen LogP contribution in [0.3, 0.4) is 0 Å². The molecule has 1 unspecified atom stereocenters. The average Bonchev–Trinajstić information content (AvgIpc) is 2.39. The van der Waals surface area contributed by atoms with Gasteiger partial charge in [-0.05, 0) is 46.1 Å². The SMILES string of the molecule is Cc1cc(C(O)Cc2cccc(F)c2Br)c(F)cc1F. The molecule has 0 heterocycles. The second kappa shape index (κ2) is 5.97. The van der Waals surface area contributed by atoms with E-state index in [1.54, 1.807) is 6.07 Å². The molecule has 1 nitrogen and oxygen atoms in total. The Morgan fingerprint density at radius 3 is 2.50 bits per heavy atom. The summed E-state index contributed by atoms with van der Waals surface area (Å²) in [6.07, 6.45) is -1.15. The zero-order chi connectivity index (χ0) is 14.9. The predicted octanol–water partition coefficient (Wildman–Crippen LogP) is 4.45. The minimum atomic E-state index is -1.17. The third kappa shape index (κ3) is 3.04. The molecule has 2 aromatic rings. The summed E-state index contributed by atoms with van der Waals surface area (Å²) in [6, 6.07) is 6.43. The lowest BCUT2D eigenvalue weighted by Gasteiger charge is -2.14. The first kappa shape index (κ1) is 15.1. The standard InChI is InChI=1S/C15H12BrF3O/c1-8-5-10(13(19)7-12(8)18)14(20)6-9-3-2-4-11(17)15(9)16/h2-5,7,14,20H,6H2,1H3. The van der Waals surface area contributed by atoms with Crippen LogP contribution < -0.4 is 0 Å². The lowest BCUT2D eigenvalue weighted by atomic mass is 9.99. The van der Waals surface area contributed by atoms with Crippen molar-refractivity contribution in [3.05, 3.63) is 68.9 Å². The Kier molecular flexibility index (Phi) is 4.50. The summed E-state index contributed by atoms with van der Waals surface area (Å²) in [5, 5.41) is 10.1. The van der Waals surface area contributed by atoms with E-state index in [0.717, 1.165) is 6.07 Å². The van der Waals surface area contributed by atoms with Crippen molar-refractivity contribution >= 4 is 15.9 Å². The zero-order valence-electron chi connectivity index (χ0n) is 10.6. The summed E-state index contributed by atoms with van der Waals surface area (Å²) in [6.45, 7) is 1.49. The fraction of sp³-hybridized carbons (Fsp3) is 0.200. The third-order valence-electron chi connectivity index (χ3n) is 3.08. The van der Waals surface area contributed by atoms with Gasteiger partial charge in [0.15, 0.2) is 0 Å². The highest BCUT2D eigenvalue weighted by atomic mass is 79.9. The van der Waals surface area contributed by atoms with E-state index >= 15 is 0 Å². The molecule has 20 heavy (non-hydrogen) atoms. The summed E-state index contributed by atoms with van der Waals surface area (Å²) in [7, 11) is 0. The van der Waals surface area contributed by atoms with Crippen LogP contribution in [0.25, 0.3) is 0 Å². The number of rotatable bonds is 3. The number of aliphatic hydroxyl groups excluding tert-OH is 1. The third-order valence-corrected chi connectivity index (χ3v) is 3.97. The van der Waals surface area contributed by atoms with Crippen molar-refractivity contribution in [2.45, 2.75) is 19.4 Å². The Hall–Kier alpha value is -1.33. The van der Waals surface area contributed by atoms with Crippen LogP contribution in [0.2, 0.25) is 0 Å². The van der Waals surface area contributed by atoms with Crippen LogP contribution in [0, 0.1) is 24.4 Å². The molecule has 106 valence electrons. The first-order valence-corrected chi connectivity index (χ1v) is 6.76. The van der Waals surface area contributed by atoms with E-state index < -0.39 is 23.6 Å². The summed E-state index contributed by atoms with van der Waals surface area (Å²) in [5.41, 5.74) is 0.762. The van der Waals surface area contributed by atoms with E-state index in [2.05, 4.69) is 15.9 Å². The molecule has 0 saturated carbocycles. The second-order valence-corrected chi connectivity index (χ2v) is 5.35. The van der Waals surface area contributed by atoms with Crippen LogP contribution in [0.1, 0.15) is 22.8 Å². The van der Waals surface area contributed by atoms with Gasteiger partial charge in [0.2, 0.25) is 0 Å². The first-order valence-electron chi connectivity index (χ1n) is 5.96. The predicted molar refractivity (Wildman–Crippen MR) is 73.9 cm³/mol. The lowest BCUT2D eigenvalue weighted by Crippen LogP contribution is -2.06. The summed E-state index contributed by atoms with van der Waals surface area (Å²) in [4.78, 5) is 0. The molecule has 0 spiro atoms. The number of halogens is 4. The van der Waals surface area contributed by atoms with Gasteiger partial charge in [-0.15, -0.1) is 0 Å².